The molecule has 0 amide bonds. The third-order valence-electron chi connectivity index (χ3n) is 8.31. The lowest BCUT2D eigenvalue weighted by atomic mass is 9.25. The van der Waals surface area contributed by atoms with Crippen LogP contribution in [0.5, 0.6) is 0 Å². The molecule has 49 heavy (non-hydrogen) atoms. The normalized spacial score (nSPS) is 17.9. The molecule has 1 aliphatic carbocycles. The lowest BCUT2D eigenvalue weighted by Crippen LogP contribution is -2.57. The van der Waals surface area contributed by atoms with Gasteiger partial charge in [-0.05, 0) is 24.2 Å². The van der Waals surface area contributed by atoms with E-state index in [2.05, 4.69) is 9.47 Å². The van der Waals surface area contributed by atoms with E-state index in [-0.39, 0.29) is 6.08 Å². The number of carbonyl (C=O) groups excluding carboxylic acids is 2. The van der Waals surface area contributed by atoms with Gasteiger partial charge in [-0.15, -0.1) is 0 Å². The maximum Gasteiger partial charge on any atom is 0.323 e. The van der Waals surface area contributed by atoms with Crippen molar-refractivity contribution in [1.29, 1.82) is 0 Å². The first kappa shape index (κ1) is 37.2. The van der Waals surface area contributed by atoms with E-state index in [1.165, 1.54) is 0 Å². The van der Waals surface area contributed by atoms with Crippen molar-refractivity contribution in [3.63, 3.8) is 0 Å². The second kappa shape index (κ2) is 12.7. The Labute approximate surface area is 264 Å². The molecule has 20 heteroatoms. The summed E-state index contributed by atoms with van der Waals surface area (Å²) < 4.78 is 229. The highest BCUT2D eigenvalue weighted by molar-refractivity contribution is 6.88. The van der Waals surface area contributed by atoms with Crippen LogP contribution in [0, 0.1) is 92.7 Å². The van der Waals surface area contributed by atoms with E-state index in [1.54, 1.807) is 0 Å². The number of methoxy groups -OCH3 is 2. The minimum atomic E-state index is -3.45. The summed E-state index contributed by atoms with van der Waals surface area (Å²) in [7, 11) is 1.20. The van der Waals surface area contributed by atoms with E-state index in [0.29, 0.717) is 21.1 Å². The minimum Gasteiger partial charge on any atom is -0.468 e. The monoisotopic (exact) mass is 722 g/mol. The second-order valence-electron chi connectivity index (χ2n) is 10.9. The Morgan fingerprint density at radius 3 is 1.12 bits per heavy atom. The number of esters is 2. The number of rotatable bonds is 6. The summed E-state index contributed by atoms with van der Waals surface area (Å²) in [6.07, 6.45) is -3.12. The number of benzene rings is 3. The summed E-state index contributed by atoms with van der Waals surface area (Å²) in [6, 6.07) is 0. The van der Waals surface area contributed by atoms with E-state index in [0.717, 1.165) is 0 Å². The van der Waals surface area contributed by atoms with Crippen LogP contribution >= 0.6 is 0 Å². The Bertz CT molecular complexity index is 1810. The van der Waals surface area contributed by atoms with Crippen molar-refractivity contribution >= 4 is 35.7 Å². The van der Waals surface area contributed by atoms with Gasteiger partial charge in [0.25, 0.3) is 0 Å². The molecule has 4 nitrogen and oxygen atoms in total. The lowest BCUT2D eigenvalue weighted by molar-refractivity contribution is -0.168. The van der Waals surface area contributed by atoms with Crippen LogP contribution in [0.25, 0.3) is 6.08 Å². The highest BCUT2D eigenvalue weighted by Gasteiger charge is 2.64. The van der Waals surface area contributed by atoms with Gasteiger partial charge in [0.15, 0.2) is 86.9 Å². The van der Waals surface area contributed by atoms with Crippen LogP contribution in [0.2, 0.25) is 5.31 Å². The molecule has 1 fully saturated rings. The van der Waals surface area contributed by atoms with Gasteiger partial charge < -0.3 is 9.47 Å². The predicted molar refractivity (Wildman–Crippen MR) is 136 cm³/mol. The van der Waals surface area contributed by atoms with Crippen LogP contribution in [0.15, 0.2) is 5.57 Å². The number of hydrogen-bond donors (Lipinski definition) is 0. The zero-order valence-electron chi connectivity index (χ0n) is 24.4. The van der Waals surface area contributed by atoms with Gasteiger partial charge >= 0.3 is 11.9 Å². The molecule has 0 saturated heterocycles. The van der Waals surface area contributed by atoms with Gasteiger partial charge in [-0.3, -0.25) is 9.59 Å². The van der Waals surface area contributed by atoms with Gasteiger partial charge in [0.1, 0.15) is 0 Å². The van der Waals surface area contributed by atoms with Gasteiger partial charge in [0, 0.05) is 10.9 Å². The quantitative estimate of drug-likeness (QED) is 0.0744. The highest BCUT2D eigenvalue weighted by atomic mass is 19.2. The summed E-state index contributed by atoms with van der Waals surface area (Å²) in [6.45, 7) is -3.01. The first-order chi connectivity index (χ1) is 22.7. The fourth-order valence-electron chi connectivity index (χ4n) is 6.05. The van der Waals surface area contributed by atoms with Crippen molar-refractivity contribution < 1.29 is 84.9 Å². The van der Waals surface area contributed by atoms with Crippen LogP contribution in [-0.2, 0) is 19.1 Å². The first-order valence-corrected chi connectivity index (χ1v) is 13.1. The van der Waals surface area contributed by atoms with Crippen LogP contribution in [-0.4, -0.2) is 32.9 Å². The van der Waals surface area contributed by atoms with Crippen LogP contribution in [0.4, 0.5) is 65.9 Å². The molecule has 3 aromatic rings. The van der Waals surface area contributed by atoms with Crippen LogP contribution in [0.3, 0.4) is 0 Å². The number of halogens is 15. The predicted octanol–water partition coefficient (Wildman–Crippen LogP) is 6.35. The Kier molecular flexibility index (Phi) is 9.61. The van der Waals surface area contributed by atoms with E-state index in [1.807, 2.05) is 0 Å². The standard InChI is InChI=1S/C29H14BF15O4/c1-28(30(9-13(33)19(39)24(44)20(40)14(9)34)10-15(35)21(41)25(45)22(42)16(10)36)6-29(26(46)48-2,27(47)49-3)5-7(28)4-8-11(31)17(37)23(43)18(38)12(8)32/h4H,5-6H2,1-3H3/b7-4+. The molecule has 0 radical (unpaired) electrons. The molecule has 0 aromatic heterocycles. The lowest BCUT2D eigenvalue weighted by Gasteiger charge is -2.36. The van der Waals surface area contributed by atoms with Crippen molar-refractivity contribution in [2.45, 2.75) is 25.1 Å². The van der Waals surface area contributed by atoms with E-state index < -0.39 is 152 Å². The average molecular weight is 722 g/mol. The second-order valence-corrected chi connectivity index (χ2v) is 10.9. The Morgan fingerprint density at radius 2 is 0.816 bits per heavy atom. The summed E-state index contributed by atoms with van der Waals surface area (Å²) >= 11 is 0. The van der Waals surface area contributed by atoms with E-state index in [9.17, 15) is 57.9 Å². The highest BCUT2D eigenvalue weighted by Crippen LogP contribution is 2.61. The van der Waals surface area contributed by atoms with Gasteiger partial charge in [-0.25, -0.2) is 65.9 Å². The van der Waals surface area contributed by atoms with Gasteiger partial charge in [-0.2, -0.15) is 0 Å². The molecule has 0 N–H and O–H groups in total. The maximum absolute atomic E-state index is 15.5. The zero-order valence-corrected chi connectivity index (χ0v) is 24.4. The van der Waals surface area contributed by atoms with Gasteiger partial charge in [-0.1, -0.05) is 12.5 Å². The number of allylic oxidation sites excluding steroid dienone is 1. The van der Waals surface area contributed by atoms with Crippen molar-refractivity contribution in [1.82, 2.24) is 0 Å². The van der Waals surface area contributed by atoms with Crippen LogP contribution < -0.4 is 10.9 Å². The maximum atomic E-state index is 15.5. The fourth-order valence-corrected chi connectivity index (χ4v) is 6.05. The summed E-state index contributed by atoms with van der Waals surface area (Å²) in [5, 5.41) is -3.21. The molecular weight excluding hydrogens is 708 g/mol. The van der Waals surface area contributed by atoms with Gasteiger partial charge in [0.05, 0.1) is 19.8 Å². The zero-order chi connectivity index (χ0) is 37.2. The third kappa shape index (κ3) is 5.29. The summed E-state index contributed by atoms with van der Waals surface area (Å²) in [5.74, 6) is -45.7. The van der Waals surface area contributed by atoms with Crippen molar-refractivity contribution in [2.24, 2.45) is 5.41 Å². The van der Waals surface area contributed by atoms with Crippen molar-refractivity contribution in [3.8, 4) is 0 Å². The molecular formula is C29H14BF15O4. The van der Waals surface area contributed by atoms with Gasteiger partial charge in [0.2, 0.25) is 12.5 Å². The molecule has 0 spiro atoms. The molecule has 0 aliphatic heterocycles. The molecule has 1 aliphatic rings. The summed E-state index contributed by atoms with van der Waals surface area (Å²) in [5.41, 5.74) is -10.9. The molecule has 0 heterocycles. The molecule has 4 rings (SSSR count). The number of carbonyl (C=O) groups is 2. The van der Waals surface area contributed by atoms with Crippen molar-refractivity contribution in [2.75, 3.05) is 14.2 Å². The number of hydrogen-bond acceptors (Lipinski definition) is 4. The first-order valence-electron chi connectivity index (χ1n) is 13.1. The molecule has 1 atom stereocenters. The van der Waals surface area contributed by atoms with Crippen LogP contribution in [0.1, 0.15) is 25.3 Å². The molecule has 1 unspecified atom stereocenters. The molecule has 1 saturated carbocycles. The van der Waals surface area contributed by atoms with E-state index in [4.69, 9.17) is 0 Å². The average Bonchev–Trinajstić information content (AvgIpc) is 3.39. The SMILES string of the molecule is COC(=O)C1(C(=O)OC)C/C(=C\c2c(F)c(F)c(F)c(F)c2F)C(C)(B(c2c(F)c(F)c(F)c(F)c2F)c2c(F)c(F)c(F)c(F)c2F)C1. The van der Waals surface area contributed by atoms with E-state index >= 15 is 17.6 Å². The fraction of sp³-hybridized carbons (Fsp3) is 0.241. The van der Waals surface area contributed by atoms with Crippen molar-refractivity contribution in [3.05, 3.63) is 98.4 Å². The Morgan fingerprint density at radius 1 is 0.531 bits per heavy atom. The third-order valence-corrected chi connectivity index (χ3v) is 8.31. The topological polar surface area (TPSA) is 52.6 Å². The smallest absolute Gasteiger partial charge is 0.323 e. The molecule has 262 valence electrons. The summed E-state index contributed by atoms with van der Waals surface area (Å²) in [4.78, 5) is 26.1. The minimum absolute atomic E-state index is 0.0883. The Hall–Kier alpha value is -4.65. The number of ether oxygens (including phenoxy) is 2. The largest absolute Gasteiger partial charge is 0.468 e. The Balaban J connectivity index is 2.32. The molecule has 3 aromatic carbocycles. The molecule has 0 bridgehead atoms.